The molecule has 1 aromatic rings. The van der Waals surface area contributed by atoms with Gasteiger partial charge in [0.05, 0.1) is 31.3 Å². The van der Waals surface area contributed by atoms with Gasteiger partial charge in [-0.1, -0.05) is 13.8 Å². The van der Waals surface area contributed by atoms with Crippen molar-refractivity contribution in [1.29, 1.82) is 0 Å². The third-order valence-corrected chi connectivity index (χ3v) is 4.74. The zero-order valence-corrected chi connectivity index (χ0v) is 17.2. The van der Waals surface area contributed by atoms with E-state index in [2.05, 4.69) is 28.8 Å². The first-order valence-corrected chi connectivity index (χ1v) is 9.64. The number of methoxy groups -OCH3 is 1. The highest BCUT2D eigenvalue weighted by atomic mass is 19.3. The summed E-state index contributed by atoms with van der Waals surface area (Å²) < 4.78 is 39.8. The molecule has 1 heterocycles. The van der Waals surface area contributed by atoms with Gasteiger partial charge in [-0.25, -0.2) is 0 Å². The Balaban J connectivity index is 2.22. The van der Waals surface area contributed by atoms with Gasteiger partial charge in [0, 0.05) is 31.7 Å². The van der Waals surface area contributed by atoms with Crippen LogP contribution in [0.3, 0.4) is 0 Å². The second kappa shape index (κ2) is 11.0. The summed E-state index contributed by atoms with van der Waals surface area (Å²) in [6.45, 7) is 3.93. The minimum atomic E-state index is -3.19. The maximum Gasteiger partial charge on any atom is 0.387 e. The van der Waals surface area contributed by atoms with Crippen molar-refractivity contribution >= 4 is 11.6 Å². The van der Waals surface area contributed by atoms with Crippen molar-refractivity contribution in [2.75, 3.05) is 40.0 Å². The molecule has 1 N–H and O–H groups in total. The quantitative estimate of drug-likeness (QED) is 0.449. The molecule has 0 bridgehead atoms. The Morgan fingerprint density at radius 2 is 1.97 bits per heavy atom. The lowest BCUT2D eigenvalue weighted by Gasteiger charge is -2.35. The molecule has 0 aliphatic carbocycles. The minimum absolute atomic E-state index is 0.0419. The van der Waals surface area contributed by atoms with Gasteiger partial charge in [0.25, 0.3) is 11.6 Å². The van der Waals surface area contributed by atoms with Crippen LogP contribution in [0.1, 0.15) is 30.6 Å². The normalized spacial score (nSPS) is 15.8. The maximum absolute atomic E-state index is 12.7. The topological polar surface area (TPSA) is 103 Å². The first-order chi connectivity index (χ1) is 14.2. The van der Waals surface area contributed by atoms with E-state index in [9.17, 15) is 23.7 Å². The molecule has 1 aliphatic rings. The molecule has 1 saturated heterocycles. The van der Waals surface area contributed by atoms with Gasteiger partial charge in [-0.15, -0.1) is 0 Å². The van der Waals surface area contributed by atoms with E-state index >= 15 is 0 Å². The van der Waals surface area contributed by atoms with Crippen LogP contribution in [-0.2, 0) is 4.74 Å². The lowest BCUT2D eigenvalue weighted by atomic mass is 10.0. The molecule has 1 aliphatic heterocycles. The lowest BCUT2D eigenvalue weighted by Crippen LogP contribution is -2.49. The van der Waals surface area contributed by atoms with Gasteiger partial charge < -0.3 is 19.5 Å². The Morgan fingerprint density at radius 1 is 1.30 bits per heavy atom. The number of carbonyl (C=O) groups excluding carboxylic acids is 1. The number of morpholine rings is 1. The summed E-state index contributed by atoms with van der Waals surface area (Å²) in [6, 6.07) is 1.85. The molecule has 9 nitrogen and oxygen atoms in total. The fourth-order valence-corrected chi connectivity index (χ4v) is 3.38. The smallest absolute Gasteiger partial charge is 0.387 e. The molecule has 0 saturated carbocycles. The summed E-state index contributed by atoms with van der Waals surface area (Å²) in [7, 11) is 1.19. The van der Waals surface area contributed by atoms with Crippen molar-refractivity contribution in [3.63, 3.8) is 0 Å². The van der Waals surface area contributed by atoms with Crippen LogP contribution in [0.2, 0.25) is 0 Å². The van der Waals surface area contributed by atoms with Gasteiger partial charge in [-0.2, -0.15) is 8.78 Å². The summed E-state index contributed by atoms with van der Waals surface area (Å²) >= 11 is 0. The highest BCUT2D eigenvalue weighted by Gasteiger charge is 2.28. The molecule has 30 heavy (non-hydrogen) atoms. The van der Waals surface area contributed by atoms with Crippen molar-refractivity contribution in [2.45, 2.75) is 32.9 Å². The molecular formula is C19H27F2N3O6. The number of halogens is 2. The zero-order chi connectivity index (χ0) is 22.3. The number of nitro groups is 1. The second-order valence-corrected chi connectivity index (χ2v) is 7.30. The molecule has 1 unspecified atom stereocenters. The molecule has 1 amide bonds. The maximum atomic E-state index is 12.7. The molecular weight excluding hydrogens is 404 g/mol. The van der Waals surface area contributed by atoms with Crippen LogP contribution in [0.5, 0.6) is 11.5 Å². The number of nitrogens with one attached hydrogen (secondary N) is 1. The first-order valence-electron chi connectivity index (χ1n) is 9.64. The molecule has 0 spiro atoms. The van der Waals surface area contributed by atoms with Crippen LogP contribution in [0, 0.1) is 16.0 Å². The fraction of sp³-hybridized carbons (Fsp3) is 0.632. The van der Waals surface area contributed by atoms with E-state index in [-0.39, 0.29) is 23.9 Å². The Bertz CT molecular complexity index is 741. The van der Waals surface area contributed by atoms with E-state index in [0.29, 0.717) is 19.1 Å². The van der Waals surface area contributed by atoms with Gasteiger partial charge in [0.15, 0.2) is 11.5 Å². The summed E-state index contributed by atoms with van der Waals surface area (Å²) in [5.74, 6) is -1.01. The number of rotatable bonds is 10. The minimum Gasteiger partial charge on any atom is -0.493 e. The van der Waals surface area contributed by atoms with Gasteiger partial charge in [0.2, 0.25) is 0 Å². The monoisotopic (exact) mass is 431 g/mol. The van der Waals surface area contributed by atoms with Gasteiger partial charge in [-0.05, 0) is 12.3 Å². The van der Waals surface area contributed by atoms with Crippen LogP contribution in [0.4, 0.5) is 14.5 Å². The van der Waals surface area contributed by atoms with E-state index < -0.39 is 28.9 Å². The van der Waals surface area contributed by atoms with Crippen LogP contribution in [-0.4, -0.2) is 68.3 Å². The molecule has 168 valence electrons. The molecule has 11 heteroatoms. The molecule has 2 rings (SSSR count). The number of nitrogens with zero attached hydrogens (tertiary/aromatic N) is 2. The number of hydrogen-bond acceptors (Lipinski definition) is 7. The largest absolute Gasteiger partial charge is 0.493 e. The predicted molar refractivity (Wildman–Crippen MR) is 104 cm³/mol. The standard InChI is InChI=1S/C19H27F2N3O6/c1-12(2)8-13(23-4-6-29-7-5-23)11-22-18(25)14-9-16(28-3)17(30-19(20)21)10-15(14)24(26)27/h9-10,12-13,19H,4-8,11H2,1-3H3,(H,22,25). The SMILES string of the molecule is COc1cc(C(=O)NCC(CC(C)C)N2CCOCC2)c([N+](=O)[O-])cc1OC(F)F. The van der Waals surface area contributed by atoms with Crippen LogP contribution < -0.4 is 14.8 Å². The van der Waals surface area contributed by atoms with E-state index in [4.69, 9.17) is 9.47 Å². The van der Waals surface area contributed by atoms with Crippen LogP contribution >= 0.6 is 0 Å². The number of nitro benzene ring substituents is 1. The molecule has 1 aromatic carbocycles. The number of ether oxygens (including phenoxy) is 3. The van der Waals surface area contributed by atoms with Crippen molar-refractivity contribution in [3.05, 3.63) is 27.8 Å². The number of alkyl halides is 2. The summed E-state index contributed by atoms with van der Waals surface area (Å²) in [6.07, 6.45) is 0.826. The number of amides is 1. The number of hydrogen-bond donors (Lipinski definition) is 1. The predicted octanol–water partition coefficient (Wildman–Crippen LogP) is 2.68. The van der Waals surface area contributed by atoms with E-state index in [1.54, 1.807) is 0 Å². The number of carbonyl (C=O) groups is 1. The van der Waals surface area contributed by atoms with Crippen molar-refractivity contribution in [3.8, 4) is 11.5 Å². The highest BCUT2D eigenvalue weighted by Crippen LogP contribution is 2.35. The second-order valence-electron chi connectivity index (χ2n) is 7.30. The Kier molecular flexibility index (Phi) is 8.72. The average Bonchev–Trinajstić information content (AvgIpc) is 2.70. The molecule has 0 aromatic heterocycles. The van der Waals surface area contributed by atoms with Gasteiger partial charge in [-0.3, -0.25) is 19.8 Å². The van der Waals surface area contributed by atoms with Crippen LogP contribution in [0.25, 0.3) is 0 Å². The third-order valence-electron chi connectivity index (χ3n) is 4.74. The van der Waals surface area contributed by atoms with E-state index in [1.165, 1.54) is 7.11 Å². The fourth-order valence-electron chi connectivity index (χ4n) is 3.38. The number of benzene rings is 1. The van der Waals surface area contributed by atoms with Crippen molar-refractivity contribution < 1.29 is 32.7 Å². The van der Waals surface area contributed by atoms with E-state index in [0.717, 1.165) is 31.6 Å². The summed E-state index contributed by atoms with van der Waals surface area (Å²) in [4.78, 5) is 25.6. The summed E-state index contributed by atoms with van der Waals surface area (Å²) in [5, 5.41) is 14.2. The lowest BCUT2D eigenvalue weighted by molar-refractivity contribution is -0.385. The summed E-state index contributed by atoms with van der Waals surface area (Å²) in [5.41, 5.74) is -0.931. The Hall–Kier alpha value is -2.53. The first kappa shape index (κ1) is 23.7. The Morgan fingerprint density at radius 3 is 2.50 bits per heavy atom. The Labute approximate surface area is 173 Å². The highest BCUT2D eigenvalue weighted by molar-refractivity contribution is 5.99. The zero-order valence-electron chi connectivity index (χ0n) is 17.2. The molecule has 0 radical (unpaired) electrons. The third kappa shape index (κ3) is 6.49. The van der Waals surface area contributed by atoms with Gasteiger partial charge in [0.1, 0.15) is 5.56 Å². The average molecular weight is 431 g/mol. The molecule has 1 atom stereocenters. The van der Waals surface area contributed by atoms with Gasteiger partial charge >= 0.3 is 6.61 Å². The van der Waals surface area contributed by atoms with Crippen molar-refractivity contribution in [2.24, 2.45) is 5.92 Å². The molecule has 1 fully saturated rings. The van der Waals surface area contributed by atoms with Crippen molar-refractivity contribution in [1.82, 2.24) is 10.2 Å². The van der Waals surface area contributed by atoms with E-state index in [1.807, 2.05) is 0 Å². The van der Waals surface area contributed by atoms with Crippen LogP contribution in [0.15, 0.2) is 12.1 Å².